The Labute approximate surface area is 143 Å². The number of ether oxygens (including phenoxy) is 1. The lowest BCUT2D eigenvalue weighted by Gasteiger charge is -2.15. The highest BCUT2D eigenvalue weighted by Crippen LogP contribution is 2.18. The van der Waals surface area contributed by atoms with Crippen molar-refractivity contribution >= 4 is 24.0 Å². The molecule has 0 saturated heterocycles. The molecule has 0 heterocycles. The lowest BCUT2D eigenvalue weighted by molar-refractivity contribution is -0.117. The van der Waals surface area contributed by atoms with Crippen LogP contribution in [0.1, 0.15) is 25.3 Å². The minimum atomic E-state index is -0.479. The molecule has 1 amide bonds. The van der Waals surface area contributed by atoms with Gasteiger partial charge < -0.3 is 15.8 Å². The van der Waals surface area contributed by atoms with E-state index >= 15 is 0 Å². The number of nitrogens with two attached hydrogens (primary N) is 1. The average Bonchev–Trinajstić information content (AvgIpc) is 2.55. The minimum Gasteiger partial charge on any atom is -0.489 e. The van der Waals surface area contributed by atoms with Crippen molar-refractivity contribution in [3.05, 3.63) is 60.2 Å². The molecule has 0 radical (unpaired) electrons. The molecular weight excluding hydrogens is 312 g/mol. The minimum absolute atomic E-state index is 0. The van der Waals surface area contributed by atoms with Gasteiger partial charge in [-0.1, -0.05) is 49.7 Å². The van der Waals surface area contributed by atoms with E-state index in [2.05, 4.69) is 5.32 Å². The first-order chi connectivity index (χ1) is 10.7. The highest BCUT2D eigenvalue weighted by molar-refractivity contribution is 5.95. The zero-order chi connectivity index (χ0) is 15.8. The highest BCUT2D eigenvalue weighted by Gasteiger charge is 2.14. The molecule has 5 heteroatoms. The van der Waals surface area contributed by atoms with Crippen LogP contribution in [0.15, 0.2) is 54.6 Å². The molecular formula is C18H23ClN2O2. The first kappa shape index (κ1) is 19.0. The van der Waals surface area contributed by atoms with Crippen LogP contribution in [0.2, 0.25) is 0 Å². The molecule has 0 aliphatic carbocycles. The summed E-state index contributed by atoms with van der Waals surface area (Å²) < 4.78 is 5.74. The first-order valence-electron chi connectivity index (χ1n) is 7.53. The monoisotopic (exact) mass is 334 g/mol. The molecule has 0 fully saturated rings. The molecule has 1 unspecified atom stereocenters. The molecule has 0 aliphatic rings. The van der Waals surface area contributed by atoms with Gasteiger partial charge in [0.05, 0.1) is 6.04 Å². The molecule has 0 spiro atoms. The molecule has 4 nitrogen and oxygen atoms in total. The molecule has 2 aromatic carbocycles. The number of hydrogen-bond donors (Lipinski definition) is 2. The van der Waals surface area contributed by atoms with E-state index in [1.807, 2.05) is 61.5 Å². The van der Waals surface area contributed by atoms with Gasteiger partial charge in [-0.25, -0.2) is 0 Å². The Kier molecular flexibility index (Phi) is 8.16. The Bertz CT molecular complexity index is 605. The van der Waals surface area contributed by atoms with E-state index in [1.54, 1.807) is 0 Å². The summed E-state index contributed by atoms with van der Waals surface area (Å²) in [6.45, 7) is 2.40. The van der Waals surface area contributed by atoms with Gasteiger partial charge in [0.25, 0.3) is 0 Å². The number of anilines is 1. The van der Waals surface area contributed by atoms with Crippen LogP contribution in [0.25, 0.3) is 0 Å². The van der Waals surface area contributed by atoms with E-state index in [0.29, 0.717) is 13.0 Å². The Hall–Kier alpha value is -2.04. The second-order valence-corrected chi connectivity index (χ2v) is 5.14. The van der Waals surface area contributed by atoms with Gasteiger partial charge in [0, 0.05) is 11.3 Å². The van der Waals surface area contributed by atoms with E-state index < -0.39 is 6.04 Å². The van der Waals surface area contributed by atoms with Gasteiger partial charge in [0.15, 0.2) is 0 Å². The Morgan fingerprint density at radius 1 is 1.13 bits per heavy atom. The van der Waals surface area contributed by atoms with Crippen LogP contribution in [-0.4, -0.2) is 11.9 Å². The smallest absolute Gasteiger partial charge is 0.241 e. The highest BCUT2D eigenvalue weighted by atomic mass is 35.5. The van der Waals surface area contributed by atoms with Gasteiger partial charge in [-0.3, -0.25) is 4.79 Å². The number of halogens is 1. The molecule has 0 aliphatic heterocycles. The third-order valence-electron chi connectivity index (χ3n) is 3.35. The number of benzene rings is 2. The van der Waals surface area contributed by atoms with Crippen molar-refractivity contribution in [2.24, 2.45) is 5.73 Å². The Balaban J connectivity index is 0.00000264. The topological polar surface area (TPSA) is 64.4 Å². The van der Waals surface area contributed by atoms with Crippen molar-refractivity contribution in [2.45, 2.75) is 32.4 Å². The molecule has 0 saturated carbocycles. The zero-order valence-electron chi connectivity index (χ0n) is 13.2. The van der Waals surface area contributed by atoms with E-state index in [1.165, 1.54) is 0 Å². The number of rotatable bonds is 7. The summed E-state index contributed by atoms with van der Waals surface area (Å²) >= 11 is 0. The van der Waals surface area contributed by atoms with E-state index in [9.17, 15) is 4.79 Å². The van der Waals surface area contributed by atoms with Crippen LogP contribution in [0.4, 0.5) is 5.69 Å². The summed E-state index contributed by atoms with van der Waals surface area (Å²) in [5.41, 5.74) is 7.51. The first-order valence-corrected chi connectivity index (χ1v) is 7.53. The molecule has 2 rings (SSSR count). The van der Waals surface area contributed by atoms with Crippen LogP contribution >= 0.6 is 12.4 Å². The quantitative estimate of drug-likeness (QED) is 0.810. The number of carbonyl (C=O) groups is 1. The zero-order valence-corrected chi connectivity index (χ0v) is 14.0. The Morgan fingerprint density at radius 3 is 2.48 bits per heavy atom. The molecule has 2 aromatic rings. The van der Waals surface area contributed by atoms with Crippen molar-refractivity contribution < 1.29 is 9.53 Å². The summed E-state index contributed by atoms with van der Waals surface area (Å²) in [6, 6.07) is 16.7. The molecule has 0 bridgehead atoms. The maximum Gasteiger partial charge on any atom is 0.241 e. The van der Waals surface area contributed by atoms with Gasteiger partial charge in [0.2, 0.25) is 5.91 Å². The fourth-order valence-electron chi connectivity index (χ4n) is 2.11. The van der Waals surface area contributed by atoms with Gasteiger partial charge in [-0.05, 0) is 24.6 Å². The number of carbonyl (C=O) groups excluding carboxylic acids is 1. The normalized spacial score (nSPS) is 11.2. The van der Waals surface area contributed by atoms with Crippen molar-refractivity contribution in [2.75, 3.05) is 5.32 Å². The maximum absolute atomic E-state index is 12.1. The second-order valence-electron chi connectivity index (χ2n) is 5.14. The second kappa shape index (κ2) is 9.87. The summed E-state index contributed by atoms with van der Waals surface area (Å²) in [5, 5.41) is 2.89. The lowest BCUT2D eigenvalue weighted by atomic mass is 10.1. The van der Waals surface area contributed by atoms with Crippen LogP contribution in [-0.2, 0) is 11.4 Å². The average molecular weight is 335 g/mol. The summed E-state index contributed by atoms with van der Waals surface area (Å²) in [6.07, 6.45) is 1.56. The fourth-order valence-corrected chi connectivity index (χ4v) is 2.11. The summed E-state index contributed by atoms with van der Waals surface area (Å²) in [5.74, 6) is 0.639. The molecule has 1 atom stereocenters. The van der Waals surface area contributed by atoms with Crippen molar-refractivity contribution in [1.82, 2.24) is 0 Å². The predicted octanol–water partition coefficient (Wildman–Crippen LogP) is 3.75. The number of para-hydroxylation sites is 2. The fraction of sp³-hybridized carbons (Fsp3) is 0.278. The van der Waals surface area contributed by atoms with Crippen LogP contribution < -0.4 is 15.8 Å². The third-order valence-corrected chi connectivity index (χ3v) is 3.35. The summed E-state index contributed by atoms with van der Waals surface area (Å²) in [4.78, 5) is 12.1. The standard InChI is InChI=1S/C18H22N2O2.ClH/c1-2-8-16(19)18(21)20-17-12-7-6-9-14(17)13-22-15-10-4-3-5-11-15;/h3-7,9-12,16H,2,8,13,19H2,1H3,(H,20,21);1H. The largest absolute Gasteiger partial charge is 0.489 e. The molecule has 124 valence electrons. The van der Waals surface area contributed by atoms with Gasteiger partial charge >= 0.3 is 0 Å². The number of hydrogen-bond acceptors (Lipinski definition) is 3. The van der Waals surface area contributed by atoms with Crippen LogP contribution in [0, 0.1) is 0 Å². The molecule has 0 aromatic heterocycles. The van der Waals surface area contributed by atoms with Gasteiger partial charge in [-0.15, -0.1) is 12.4 Å². The van der Waals surface area contributed by atoms with Crippen molar-refractivity contribution in [3.8, 4) is 5.75 Å². The van der Waals surface area contributed by atoms with Gasteiger partial charge in [-0.2, -0.15) is 0 Å². The maximum atomic E-state index is 12.1. The van der Waals surface area contributed by atoms with Crippen molar-refractivity contribution in [1.29, 1.82) is 0 Å². The third kappa shape index (κ3) is 5.93. The van der Waals surface area contributed by atoms with Gasteiger partial charge in [0.1, 0.15) is 12.4 Å². The Morgan fingerprint density at radius 2 is 1.78 bits per heavy atom. The molecule has 23 heavy (non-hydrogen) atoms. The predicted molar refractivity (Wildman–Crippen MR) is 96.0 cm³/mol. The lowest BCUT2D eigenvalue weighted by Crippen LogP contribution is -2.35. The van der Waals surface area contributed by atoms with Crippen molar-refractivity contribution in [3.63, 3.8) is 0 Å². The molecule has 3 N–H and O–H groups in total. The van der Waals surface area contributed by atoms with E-state index in [-0.39, 0.29) is 18.3 Å². The summed E-state index contributed by atoms with van der Waals surface area (Å²) in [7, 11) is 0. The van der Waals surface area contributed by atoms with Crippen LogP contribution in [0.3, 0.4) is 0 Å². The van der Waals surface area contributed by atoms with E-state index in [4.69, 9.17) is 10.5 Å². The van der Waals surface area contributed by atoms with E-state index in [0.717, 1.165) is 23.4 Å². The number of amides is 1. The number of nitrogens with one attached hydrogen (secondary N) is 1. The SMILES string of the molecule is CCCC(N)C(=O)Nc1ccccc1COc1ccccc1.Cl. The van der Waals surface area contributed by atoms with Crippen LogP contribution in [0.5, 0.6) is 5.75 Å².